The Morgan fingerprint density at radius 3 is 2.62 bits per heavy atom. The number of nitriles is 1. The molecule has 0 radical (unpaired) electrons. The number of alkyl halides is 3. The van der Waals surface area contributed by atoms with Crippen LogP contribution in [0.4, 0.5) is 13.2 Å². The molecule has 4 nitrogen and oxygen atoms in total. The molecule has 2 aromatic carbocycles. The number of rotatable bonds is 5. The van der Waals surface area contributed by atoms with Gasteiger partial charge < -0.3 is 9.15 Å². The van der Waals surface area contributed by atoms with Crippen molar-refractivity contribution in [3.8, 4) is 22.6 Å². The second kappa shape index (κ2) is 7.60. The van der Waals surface area contributed by atoms with Crippen LogP contribution in [0.25, 0.3) is 21.7 Å². The van der Waals surface area contributed by atoms with Crippen LogP contribution in [0, 0.1) is 11.3 Å². The van der Waals surface area contributed by atoms with Gasteiger partial charge in [0.25, 0.3) is 0 Å². The number of aromatic nitrogens is 1. The zero-order valence-corrected chi connectivity index (χ0v) is 15.7. The molecule has 0 amide bonds. The van der Waals surface area contributed by atoms with Gasteiger partial charge in [0, 0.05) is 10.8 Å². The lowest BCUT2D eigenvalue weighted by Gasteiger charge is -2.09. The minimum Gasteiger partial charge on any atom is -0.489 e. The number of furan rings is 1. The third-order valence-electron chi connectivity index (χ3n) is 4.28. The molecule has 0 spiro atoms. The molecule has 0 aliphatic rings. The fourth-order valence-corrected chi connectivity index (χ4v) is 3.63. The maximum absolute atomic E-state index is 12.8. The summed E-state index contributed by atoms with van der Waals surface area (Å²) in [4.78, 5) is 3.61. The average Bonchev–Trinajstić information content (AvgIpc) is 3.34. The Labute approximate surface area is 167 Å². The first-order chi connectivity index (χ1) is 13.9. The van der Waals surface area contributed by atoms with E-state index in [4.69, 9.17) is 14.4 Å². The average molecular weight is 414 g/mol. The summed E-state index contributed by atoms with van der Waals surface area (Å²) in [6.45, 7) is 0.301. The number of hydrogen-bond donors (Lipinski definition) is 0. The largest absolute Gasteiger partial charge is 0.489 e. The molecule has 0 atom stereocenters. The summed E-state index contributed by atoms with van der Waals surface area (Å²) in [5.74, 6) is 0.865. The summed E-state index contributed by atoms with van der Waals surface area (Å²) in [5, 5.41) is 10.8. The van der Waals surface area contributed by atoms with Crippen LogP contribution < -0.4 is 4.74 Å². The van der Waals surface area contributed by atoms with E-state index in [0.717, 1.165) is 27.8 Å². The molecule has 0 aliphatic carbocycles. The molecule has 0 aliphatic heterocycles. The topological polar surface area (TPSA) is 59.0 Å². The molecule has 2 aromatic heterocycles. The van der Waals surface area contributed by atoms with Gasteiger partial charge in [-0.2, -0.15) is 18.4 Å². The summed E-state index contributed by atoms with van der Waals surface area (Å²) in [6.07, 6.45) is -4.18. The fraction of sp³-hybridized carbons (Fsp3) is 0.143. The van der Waals surface area contributed by atoms with E-state index in [1.165, 1.54) is 0 Å². The highest BCUT2D eigenvalue weighted by Crippen LogP contribution is 2.36. The van der Waals surface area contributed by atoms with Crippen molar-refractivity contribution in [1.82, 2.24) is 4.98 Å². The van der Waals surface area contributed by atoms with E-state index in [2.05, 4.69) is 11.1 Å². The third kappa shape index (κ3) is 4.10. The molecule has 0 saturated carbocycles. The molecular formula is C21H13F3N2O2S. The van der Waals surface area contributed by atoms with Crippen molar-refractivity contribution in [2.45, 2.75) is 19.2 Å². The number of thiazole rings is 1. The van der Waals surface area contributed by atoms with Gasteiger partial charge in [0.05, 0.1) is 12.5 Å². The number of nitrogens with zero attached hydrogens (tertiary/aromatic N) is 2. The number of benzene rings is 2. The Morgan fingerprint density at radius 1 is 1.10 bits per heavy atom. The highest BCUT2D eigenvalue weighted by molar-refractivity contribution is 7.13. The van der Waals surface area contributed by atoms with Crippen molar-refractivity contribution in [3.63, 3.8) is 0 Å². The predicted molar refractivity (Wildman–Crippen MR) is 102 cm³/mol. The summed E-state index contributed by atoms with van der Waals surface area (Å²) < 4.78 is 49.7. The first-order valence-electron chi connectivity index (χ1n) is 8.57. The van der Waals surface area contributed by atoms with E-state index in [1.54, 1.807) is 24.3 Å². The van der Waals surface area contributed by atoms with E-state index in [0.29, 0.717) is 29.7 Å². The molecule has 4 rings (SSSR count). The molecule has 0 N–H and O–H groups in total. The van der Waals surface area contributed by atoms with Gasteiger partial charge in [-0.05, 0) is 35.4 Å². The SMILES string of the molecule is N#CCc1ccccc1COc1ccc2oc(-c3nc(C(F)(F)F)cs3)cc2c1. The van der Waals surface area contributed by atoms with Crippen LogP contribution >= 0.6 is 11.3 Å². The zero-order chi connectivity index (χ0) is 20.4. The highest BCUT2D eigenvalue weighted by atomic mass is 32.1. The predicted octanol–water partition coefficient (Wildman–Crippen LogP) is 6.22. The third-order valence-corrected chi connectivity index (χ3v) is 5.13. The monoisotopic (exact) mass is 414 g/mol. The first kappa shape index (κ1) is 19.0. The van der Waals surface area contributed by atoms with Gasteiger partial charge in [-0.1, -0.05) is 24.3 Å². The van der Waals surface area contributed by atoms with E-state index in [9.17, 15) is 13.2 Å². The zero-order valence-electron chi connectivity index (χ0n) is 14.9. The normalized spacial score (nSPS) is 11.5. The summed E-state index contributed by atoms with van der Waals surface area (Å²) in [5.41, 5.74) is 1.43. The van der Waals surface area contributed by atoms with Crippen LogP contribution in [0.5, 0.6) is 5.75 Å². The Balaban J connectivity index is 1.55. The molecule has 29 heavy (non-hydrogen) atoms. The van der Waals surface area contributed by atoms with Gasteiger partial charge in [-0.25, -0.2) is 4.98 Å². The van der Waals surface area contributed by atoms with E-state index < -0.39 is 11.9 Å². The molecule has 2 heterocycles. The van der Waals surface area contributed by atoms with Gasteiger partial charge in [0.1, 0.15) is 17.9 Å². The molecule has 0 fully saturated rings. The van der Waals surface area contributed by atoms with E-state index in [-0.39, 0.29) is 10.8 Å². The van der Waals surface area contributed by atoms with Crippen LogP contribution in [0.3, 0.4) is 0 Å². The smallest absolute Gasteiger partial charge is 0.434 e. The van der Waals surface area contributed by atoms with E-state index in [1.807, 2.05) is 24.3 Å². The molecule has 0 bridgehead atoms. The second-order valence-corrected chi connectivity index (χ2v) is 7.10. The van der Waals surface area contributed by atoms with Crippen LogP contribution in [0.2, 0.25) is 0 Å². The van der Waals surface area contributed by atoms with Gasteiger partial charge in [0.15, 0.2) is 16.5 Å². The quantitative estimate of drug-likeness (QED) is 0.389. The lowest BCUT2D eigenvalue weighted by atomic mass is 10.1. The van der Waals surface area contributed by atoms with Crippen molar-refractivity contribution in [1.29, 1.82) is 5.26 Å². The van der Waals surface area contributed by atoms with Gasteiger partial charge >= 0.3 is 6.18 Å². The van der Waals surface area contributed by atoms with Gasteiger partial charge in [-0.3, -0.25) is 0 Å². The van der Waals surface area contributed by atoms with E-state index >= 15 is 0 Å². The van der Waals surface area contributed by atoms with Crippen molar-refractivity contribution in [2.75, 3.05) is 0 Å². The Kier molecular flexibility index (Phi) is 4.99. The maximum atomic E-state index is 12.8. The number of ether oxygens (including phenoxy) is 1. The van der Waals surface area contributed by atoms with Crippen molar-refractivity contribution in [2.24, 2.45) is 0 Å². The first-order valence-corrected chi connectivity index (χ1v) is 9.45. The molecular weight excluding hydrogens is 401 g/mol. The van der Waals surface area contributed by atoms with Crippen LogP contribution in [-0.2, 0) is 19.2 Å². The lowest BCUT2D eigenvalue weighted by molar-refractivity contribution is -0.140. The van der Waals surface area contributed by atoms with Gasteiger partial charge in [0.2, 0.25) is 0 Å². The number of halogens is 3. The van der Waals surface area contributed by atoms with Crippen LogP contribution in [-0.4, -0.2) is 4.98 Å². The summed E-state index contributed by atoms with van der Waals surface area (Å²) in [6, 6.07) is 16.5. The molecule has 8 heteroatoms. The highest BCUT2D eigenvalue weighted by Gasteiger charge is 2.34. The molecule has 0 saturated heterocycles. The minimum absolute atomic E-state index is 0.168. The molecule has 146 valence electrons. The van der Waals surface area contributed by atoms with Crippen LogP contribution in [0.15, 0.2) is 58.3 Å². The van der Waals surface area contributed by atoms with Crippen LogP contribution in [0.1, 0.15) is 16.8 Å². The van der Waals surface area contributed by atoms with Crippen molar-refractivity contribution < 1.29 is 22.3 Å². The standard InChI is InChI=1S/C21H13F3N2O2S/c22-21(23,24)19-12-29-20(26-19)18-10-15-9-16(5-6-17(15)28-18)27-11-14-4-2-1-3-13(14)7-8-25/h1-6,9-10,12H,7,11H2. The Bertz CT molecular complexity index is 1200. The second-order valence-electron chi connectivity index (χ2n) is 6.24. The van der Waals surface area contributed by atoms with Crippen molar-refractivity contribution >= 4 is 22.3 Å². The Morgan fingerprint density at radius 2 is 1.90 bits per heavy atom. The molecule has 4 aromatic rings. The van der Waals surface area contributed by atoms with Crippen molar-refractivity contribution in [3.05, 3.63) is 70.7 Å². The summed E-state index contributed by atoms with van der Waals surface area (Å²) >= 11 is 0.880. The summed E-state index contributed by atoms with van der Waals surface area (Å²) in [7, 11) is 0. The molecule has 0 unspecified atom stereocenters. The Hall–Kier alpha value is -3.31. The van der Waals surface area contributed by atoms with Gasteiger partial charge in [-0.15, -0.1) is 11.3 Å². The number of hydrogen-bond acceptors (Lipinski definition) is 5. The fourth-order valence-electron chi connectivity index (χ4n) is 2.85. The number of fused-ring (bicyclic) bond motifs is 1. The lowest BCUT2D eigenvalue weighted by Crippen LogP contribution is -2.04. The minimum atomic E-state index is -4.48. The maximum Gasteiger partial charge on any atom is 0.434 e.